The molecule has 3 aromatic rings. The highest BCUT2D eigenvalue weighted by atomic mass is 19.3. The van der Waals surface area contributed by atoms with E-state index in [0.29, 0.717) is 49.2 Å². The molecule has 1 atom stereocenters. The quantitative estimate of drug-likeness (QED) is 0.230. The lowest BCUT2D eigenvalue weighted by Crippen LogP contribution is -2.66. The van der Waals surface area contributed by atoms with Crippen LogP contribution in [-0.2, 0) is 22.7 Å². The van der Waals surface area contributed by atoms with E-state index in [1.807, 2.05) is 0 Å². The second-order valence-electron chi connectivity index (χ2n) is 15.3. The van der Waals surface area contributed by atoms with Crippen molar-refractivity contribution in [2.24, 2.45) is 11.3 Å². The van der Waals surface area contributed by atoms with Gasteiger partial charge in [-0.15, -0.1) is 0 Å². The zero-order chi connectivity index (χ0) is 36.7. The molecule has 52 heavy (non-hydrogen) atoms. The van der Waals surface area contributed by atoms with E-state index < -0.39 is 28.9 Å². The third-order valence-electron chi connectivity index (χ3n) is 11.7. The topological polar surface area (TPSA) is 105 Å². The summed E-state index contributed by atoms with van der Waals surface area (Å²) in [5.41, 5.74) is -0.155. The van der Waals surface area contributed by atoms with Crippen LogP contribution >= 0.6 is 0 Å². The van der Waals surface area contributed by atoms with Gasteiger partial charge in [-0.2, -0.15) is 5.10 Å². The number of carboxylic acid groups (broad SMARTS) is 1. The van der Waals surface area contributed by atoms with Crippen LogP contribution in [0.4, 0.5) is 17.6 Å². The maximum atomic E-state index is 15.7. The van der Waals surface area contributed by atoms with Gasteiger partial charge in [0, 0.05) is 56.6 Å². The first-order valence-electron chi connectivity index (χ1n) is 18.2. The maximum absolute atomic E-state index is 15.7. The van der Waals surface area contributed by atoms with Crippen LogP contribution in [0.2, 0.25) is 0 Å². The number of halogens is 4. The number of hydrogen-bond acceptors (Lipinski definition) is 5. The first-order chi connectivity index (χ1) is 24.8. The Bertz CT molecular complexity index is 1790. The van der Waals surface area contributed by atoms with Crippen molar-refractivity contribution in [2.75, 3.05) is 32.8 Å². The second kappa shape index (κ2) is 14.3. The van der Waals surface area contributed by atoms with Crippen molar-refractivity contribution >= 4 is 17.8 Å². The molecule has 2 saturated carbocycles. The Labute approximate surface area is 299 Å². The standard InChI is InChI=1S/C39H44F4N4O5/c40-31-9-7-26(8-10-31)18-47-19-29(17-44-47)34(48)45-20-30(37(23-45)24-46(25-37)36(51)38(41)13-2-1-3-14-38)22-52-21-28-5-4-6-32(33(28)35(49)50)27-11-15-39(42,43)16-12-27/h4-10,17,19,27,30H,1-3,11-16,18,20-25H2,(H,49,50)/t30-/m0/s1. The van der Waals surface area contributed by atoms with Gasteiger partial charge in [0.25, 0.3) is 11.8 Å². The maximum Gasteiger partial charge on any atom is 0.336 e. The lowest BCUT2D eigenvalue weighted by molar-refractivity contribution is -0.161. The molecule has 13 heteroatoms. The van der Waals surface area contributed by atoms with Crippen LogP contribution in [0.25, 0.3) is 0 Å². The molecule has 278 valence electrons. The smallest absolute Gasteiger partial charge is 0.336 e. The van der Waals surface area contributed by atoms with Gasteiger partial charge in [0.1, 0.15) is 5.82 Å². The molecule has 9 nitrogen and oxygen atoms in total. The van der Waals surface area contributed by atoms with Crippen molar-refractivity contribution in [3.63, 3.8) is 0 Å². The molecule has 2 aliphatic carbocycles. The van der Waals surface area contributed by atoms with Crippen molar-refractivity contribution in [3.05, 3.63) is 88.5 Å². The number of alkyl halides is 3. The molecule has 1 aromatic heterocycles. The lowest BCUT2D eigenvalue weighted by atomic mass is 9.71. The fourth-order valence-electron chi connectivity index (χ4n) is 8.77. The molecule has 0 unspecified atom stereocenters. The summed E-state index contributed by atoms with van der Waals surface area (Å²) in [5.74, 6) is -5.48. The molecule has 2 amide bonds. The summed E-state index contributed by atoms with van der Waals surface area (Å²) in [6, 6.07) is 11.1. The molecular formula is C39H44F4N4O5. The van der Waals surface area contributed by atoms with Crippen LogP contribution in [0.15, 0.2) is 54.9 Å². The Balaban J connectivity index is 1.06. The van der Waals surface area contributed by atoms with Crippen LogP contribution in [0.1, 0.15) is 101 Å². The van der Waals surface area contributed by atoms with Crippen LogP contribution in [0.5, 0.6) is 0 Å². The number of hydrogen-bond donors (Lipinski definition) is 1. The van der Waals surface area contributed by atoms with Gasteiger partial charge in [-0.05, 0) is 73.3 Å². The van der Waals surface area contributed by atoms with Gasteiger partial charge >= 0.3 is 5.97 Å². The summed E-state index contributed by atoms with van der Waals surface area (Å²) in [7, 11) is 0. The highest BCUT2D eigenvalue weighted by Crippen LogP contribution is 2.47. The summed E-state index contributed by atoms with van der Waals surface area (Å²) in [6.45, 7) is 1.67. The summed E-state index contributed by atoms with van der Waals surface area (Å²) in [5, 5.41) is 14.5. The van der Waals surface area contributed by atoms with Gasteiger partial charge in [0.2, 0.25) is 5.92 Å². The van der Waals surface area contributed by atoms with E-state index in [4.69, 9.17) is 4.74 Å². The highest BCUT2D eigenvalue weighted by Gasteiger charge is 2.58. The summed E-state index contributed by atoms with van der Waals surface area (Å²) in [4.78, 5) is 42.9. The molecule has 0 bridgehead atoms. The summed E-state index contributed by atoms with van der Waals surface area (Å²) >= 11 is 0. The van der Waals surface area contributed by atoms with Crippen molar-refractivity contribution in [2.45, 2.75) is 88.4 Å². The van der Waals surface area contributed by atoms with Crippen molar-refractivity contribution in [1.82, 2.24) is 19.6 Å². The zero-order valence-corrected chi connectivity index (χ0v) is 29.0. The molecule has 1 N–H and O–H groups in total. The van der Waals surface area contributed by atoms with Crippen LogP contribution in [-0.4, -0.2) is 86.8 Å². The lowest BCUT2D eigenvalue weighted by Gasteiger charge is -2.52. The van der Waals surface area contributed by atoms with E-state index in [0.717, 1.165) is 12.0 Å². The van der Waals surface area contributed by atoms with Crippen LogP contribution in [0, 0.1) is 17.2 Å². The molecule has 4 fully saturated rings. The number of carboxylic acids is 1. The van der Waals surface area contributed by atoms with Gasteiger partial charge in [0.05, 0.1) is 37.1 Å². The number of aromatic carboxylic acids is 1. The molecule has 7 rings (SSSR count). The molecule has 1 spiro atoms. The van der Waals surface area contributed by atoms with Crippen LogP contribution in [0.3, 0.4) is 0 Å². The number of ether oxygens (including phenoxy) is 1. The average Bonchev–Trinajstić information content (AvgIpc) is 3.73. The highest BCUT2D eigenvalue weighted by molar-refractivity contribution is 5.94. The van der Waals surface area contributed by atoms with Gasteiger partial charge < -0.3 is 19.6 Å². The predicted octanol–water partition coefficient (Wildman–Crippen LogP) is 6.85. The molecule has 4 aliphatic rings. The van der Waals surface area contributed by atoms with E-state index in [1.54, 1.807) is 51.0 Å². The van der Waals surface area contributed by atoms with Crippen molar-refractivity contribution in [3.8, 4) is 0 Å². The minimum Gasteiger partial charge on any atom is -0.478 e. The van der Waals surface area contributed by atoms with E-state index in [2.05, 4.69) is 5.10 Å². The third-order valence-corrected chi connectivity index (χ3v) is 11.7. The fourth-order valence-corrected chi connectivity index (χ4v) is 8.77. The number of likely N-dealkylation sites (tertiary alicyclic amines) is 2. The Morgan fingerprint density at radius 3 is 2.29 bits per heavy atom. The normalized spacial score (nSPS) is 22.3. The number of rotatable bonds is 10. The van der Waals surface area contributed by atoms with Crippen molar-refractivity contribution in [1.29, 1.82) is 0 Å². The number of amides is 2. The fraction of sp³-hybridized carbons (Fsp3) is 0.538. The van der Waals surface area contributed by atoms with Crippen molar-refractivity contribution < 1.29 is 41.8 Å². The molecule has 0 radical (unpaired) electrons. The van der Waals surface area contributed by atoms with E-state index in [1.165, 1.54) is 18.3 Å². The number of aromatic nitrogens is 2. The monoisotopic (exact) mass is 724 g/mol. The number of nitrogens with zero attached hydrogens (tertiary/aromatic N) is 4. The Hall–Kier alpha value is -4.26. The molecule has 2 aliphatic heterocycles. The zero-order valence-electron chi connectivity index (χ0n) is 29.0. The minimum atomic E-state index is -2.74. The molecule has 2 saturated heterocycles. The minimum absolute atomic E-state index is 0.0364. The summed E-state index contributed by atoms with van der Waals surface area (Å²) < 4.78 is 64.7. The third kappa shape index (κ3) is 7.33. The van der Waals surface area contributed by atoms with Gasteiger partial charge in [-0.1, -0.05) is 36.8 Å². The Morgan fingerprint density at radius 1 is 0.904 bits per heavy atom. The SMILES string of the molecule is O=C(O)c1c(COC[C@@H]2CN(C(=O)c3cnn(Cc4ccc(F)cc4)c3)CC23CN(C(=O)C2(F)CCCCC2)C3)cccc1C1CCC(F)(F)CC1. The first kappa shape index (κ1) is 36.1. The molecule has 3 heterocycles. The van der Waals surface area contributed by atoms with E-state index in [-0.39, 0.29) is 94.0 Å². The van der Waals surface area contributed by atoms with Gasteiger partial charge in [0.15, 0.2) is 5.67 Å². The number of carbonyl (C=O) groups is 3. The average molecular weight is 725 g/mol. The Morgan fingerprint density at radius 2 is 1.60 bits per heavy atom. The number of carbonyl (C=O) groups excluding carboxylic acids is 2. The van der Waals surface area contributed by atoms with Crippen LogP contribution < -0.4 is 0 Å². The Kier molecular flexibility index (Phi) is 9.92. The largest absolute Gasteiger partial charge is 0.478 e. The molecular weight excluding hydrogens is 680 g/mol. The second-order valence-corrected chi connectivity index (χ2v) is 15.3. The van der Waals surface area contributed by atoms with Gasteiger partial charge in [-0.25, -0.2) is 22.4 Å². The molecule has 2 aromatic carbocycles. The van der Waals surface area contributed by atoms with Gasteiger partial charge in [-0.3, -0.25) is 14.3 Å². The van der Waals surface area contributed by atoms with E-state index in [9.17, 15) is 32.7 Å². The first-order valence-corrected chi connectivity index (χ1v) is 18.2. The predicted molar refractivity (Wildman–Crippen MR) is 182 cm³/mol. The summed E-state index contributed by atoms with van der Waals surface area (Å²) in [6.07, 6.45) is 5.63. The number of benzene rings is 2. The van der Waals surface area contributed by atoms with E-state index >= 15 is 4.39 Å².